The van der Waals surface area contributed by atoms with Crippen LogP contribution in [0.5, 0.6) is 0 Å². The molecular weight excluding hydrogens is 402 g/mol. The van der Waals surface area contributed by atoms with Crippen molar-refractivity contribution in [3.8, 4) is 0 Å². The van der Waals surface area contributed by atoms with Crippen LogP contribution in [0.4, 0.5) is 5.82 Å². The number of amides is 1. The summed E-state index contributed by atoms with van der Waals surface area (Å²) in [5.41, 5.74) is 2.06. The van der Waals surface area contributed by atoms with Gasteiger partial charge in [0.1, 0.15) is 11.5 Å². The van der Waals surface area contributed by atoms with Gasteiger partial charge in [0, 0.05) is 18.0 Å². The molecule has 30 heavy (non-hydrogen) atoms. The third-order valence-electron chi connectivity index (χ3n) is 4.51. The molecular formula is C20H23N7O2S. The third kappa shape index (κ3) is 4.23. The molecule has 0 aliphatic carbocycles. The molecule has 3 heterocycles. The van der Waals surface area contributed by atoms with E-state index in [1.807, 2.05) is 30.5 Å². The first-order chi connectivity index (χ1) is 14.5. The predicted molar refractivity (Wildman–Crippen MR) is 117 cm³/mol. The zero-order valence-corrected chi connectivity index (χ0v) is 17.9. The summed E-state index contributed by atoms with van der Waals surface area (Å²) in [6.07, 6.45) is 3.86. The number of aromatic nitrogens is 5. The Morgan fingerprint density at radius 3 is 2.87 bits per heavy atom. The van der Waals surface area contributed by atoms with Crippen molar-refractivity contribution in [2.45, 2.75) is 38.0 Å². The number of carbonyl (C=O) groups is 1. The van der Waals surface area contributed by atoms with Gasteiger partial charge in [-0.3, -0.25) is 4.79 Å². The average molecular weight is 426 g/mol. The Kier molecular flexibility index (Phi) is 5.84. The first-order valence-electron chi connectivity index (χ1n) is 9.69. The molecule has 156 valence electrons. The van der Waals surface area contributed by atoms with Gasteiger partial charge in [0.2, 0.25) is 5.91 Å². The summed E-state index contributed by atoms with van der Waals surface area (Å²) < 4.78 is 7.04. The summed E-state index contributed by atoms with van der Waals surface area (Å²) in [6, 6.07) is 7.75. The first-order valence-corrected chi connectivity index (χ1v) is 10.9. The van der Waals surface area contributed by atoms with Gasteiger partial charge in [-0.1, -0.05) is 29.1 Å². The lowest BCUT2D eigenvalue weighted by atomic mass is 10.1. The lowest BCUT2D eigenvalue weighted by Crippen LogP contribution is -2.29. The fraction of sp³-hybridized carbons (Fsp3) is 0.350. The molecule has 2 N–H and O–H groups in total. The van der Waals surface area contributed by atoms with Crippen LogP contribution in [-0.2, 0) is 17.8 Å². The number of nitrogens with one attached hydrogen (secondary N) is 2. The van der Waals surface area contributed by atoms with Gasteiger partial charge in [0.05, 0.1) is 24.5 Å². The standard InChI is InChI=1S/C20H23N7O2S/c1-12(2)23-18-14-11-22-27(19(14)25-20(24-18)30-3)9-8-21-17(28)10-15-13-6-4-5-7-16(13)29-26-15/h4-7,11-12H,8-10H2,1-3H3,(H,21,28)(H,23,24,25). The number of hydrogen-bond donors (Lipinski definition) is 2. The molecule has 4 aromatic rings. The number of nitrogens with zero attached hydrogens (tertiary/aromatic N) is 5. The maximum Gasteiger partial charge on any atom is 0.226 e. The minimum absolute atomic E-state index is 0.118. The normalized spacial score (nSPS) is 11.5. The van der Waals surface area contributed by atoms with Gasteiger partial charge in [-0.25, -0.2) is 14.6 Å². The van der Waals surface area contributed by atoms with Crippen molar-refractivity contribution in [1.82, 2.24) is 30.2 Å². The molecule has 0 fully saturated rings. The highest BCUT2D eigenvalue weighted by Crippen LogP contribution is 2.24. The second kappa shape index (κ2) is 8.70. The number of para-hydroxylation sites is 1. The van der Waals surface area contributed by atoms with E-state index in [1.54, 1.807) is 10.9 Å². The fourth-order valence-corrected chi connectivity index (χ4v) is 3.52. The van der Waals surface area contributed by atoms with Crippen molar-refractivity contribution in [1.29, 1.82) is 0 Å². The van der Waals surface area contributed by atoms with Gasteiger partial charge in [-0.2, -0.15) is 5.10 Å². The van der Waals surface area contributed by atoms with Gasteiger partial charge in [-0.05, 0) is 32.2 Å². The van der Waals surface area contributed by atoms with E-state index in [0.717, 1.165) is 22.2 Å². The molecule has 0 radical (unpaired) electrons. The van der Waals surface area contributed by atoms with E-state index in [1.165, 1.54) is 11.8 Å². The van der Waals surface area contributed by atoms with E-state index in [4.69, 9.17) is 4.52 Å². The summed E-state index contributed by atoms with van der Waals surface area (Å²) in [7, 11) is 0. The first kappa shape index (κ1) is 20.1. The largest absolute Gasteiger partial charge is 0.367 e. The Balaban J connectivity index is 1.42. The zero-order valence-electron chi connectivity index (χ0n) is 17.0. The van der Waals surface area contributed by atoms with Crippen LogP contribution in [0.2, 0.25) is 0 Å². The van der Waals surface area contributed by atoms with Gasteiger partial charge < -0.3 is 15.2 Å². The molecule has 0 aliphatic heterocycles. The number of hydrogen-bond acceptors (Lipinski definition) is 8. The fourth-order valence-electron chi connectivity index (χ4n) is 3.16. The summed E-state index contributed by atoms with van der Waals surface area (Å²) >= 11 is 1.48. The molecule has 0 bridgehead atoms. The number of carbonyl (C=O) groups excluding carboxylic acids is 1. The lowest BCUT2D eigenvalue weighted by molar-refractivity contribution is -0.120. The molecule has 0 saturated heterocycles. The monoisotopic (exact) mass is 425 g/mol. The van der Waals surface area contributed by atoms with Crippen LogP contribution in [0.25, 0.3) is 22.0 Å². The second-order valence-corrected chi connectivity index (χ2v) is 7.89. The number of fused-ring (bicyclic) bond motifs is 2. The molecule has 1 amide bonds. The van der Waals surface area contributed by atoms with Gasteiger partial charge in [0.25, 0.3) is 0 Å². The molecule has 0 atom stereocenters. The van der Waals surface area contributed by atoms with E-state index in [9.17, 15) is 4.79 Å². The van der Waals surface area contributed by atoms with Gasteiger partial charge >= 0.3 is 0 Å². The van der Waals surface area contributed by atoms with Gasteiger partial charge in [-0.15, -0.1) is 0 Å². The van der Waals surface area contributed by atoms with Crippen molar-refractivity contribution >= 4 is 45.5 Å². The molecule has 4 rings (SSSR count). The number of rotatable bonds is 8. The Morgan fingerprint density at radius 1 is 1.23 bits per heavy atom. The molecule has 10 heteroatoms. The maximum atomic E-state index is 12.4. The van der Waals surface area contributed by atoms with E-state index < -0.39 is 0 Å². The number of anilines is 1. The molecule has 0 saturated carbocycles. The topological polar surface area (TPSA) is 111 Å². The van der Waals surface area contributed by atoms with Crippen molar-refractivity contribution in [2.24, 2.45) is 0 Å². The van der Waals surface area contributed by atoms with Crippen LogP contribution in [0.15, 0.2) is 40.1 Å². The van der Waals surface area contributed by atoms with E-state index in [-0.39, 0.29) is 18.4 Å². The van der Waals surface area contributed by atoms with Gasteiger partial charge in [0.15, 0.2) is 16.4 Å². The Labute approximate surface area is 177 Å². The van der Waals surface area contributed by atoms with Crippen LogP contribution in [0, 0.1) is 0 Å². The molecule has 3 aromatic heterocycles. The third-order valence-corrected chi connectivity index (χ3v) is 5.06. The Morgan fingerprint density at radius 2 is 2.07 bits per heavy atom. The smallest absolute Gasteiger partial charge is 0.226 e. The zero-order chi connectivity index (χ0) is 21.1. The van der Waals surface area contributed by atoms with E-state index >= 15 is 0 Å². The van der Waals surface area contributed by atoms with Crippen molar-refractivity contribution in [3.05, 3.63) is 36.2 Å². The van der Waals surface area contributed by atoms with Crippen molar-refractivity contribution in [3.63, 3.8) is 0 Å². The van der Waals surface area contributed by atoms with Crippen LogP contribution < -0.4 is 10.6 Å². The second-order valence-electron chi connectivity index (χ2n) is 7.12. The quantitative estimate of drug-likeness (QED) is 0.327. The Hall–Kier alpha value is -3.14. The van der Waals surface area contributed by atoms with Crippen LogP contribution in [0.3, 0.4) is 0 Å². The molecule has 0 unspecified atom stereocenters. The molecule has 0 aliphatic rings. The average Bonchev–Trinajstić information content (AvgIpc) is 3.32. The van der Waals surface area contributed by atoms with Crippen molar-refractivity contribution < 1.29 is 9.32 Å². The highest BCUT2D eigenvalue weighted by molar-refractivity contribution is 7.98. The highest BCUT2D eigenvalue weighted by atomic mass is 32.2. The molecule has 0 spiro atoms. The minimum Gasteiger partial charge on any atom is -0.367 e. The van der Waals surface area contributed by atoms with Crippen LogP contribution in [0.1, 0.15) is 19.5 Å². The maximum absolute atomic E-state index is 12.4. The minimum atomic E-state index is -0.118. The SMILES string of the molecule is CSc1nc(NC(C)C)c2cnn(CCNC(=O)Cc3noc4ccccc34)c2n1. The summed E-state index contributed by atoms with van der Waals surface area (Å²) in [4.78, 5) is 21.5. The predicted octanol–water partition coefficient (Wildman–Crippen LogP) is 2.87. The van der Waals surface area contributed by atoms with Crippen LogP contribution in [-0.4, -0.2) is 49.7 Å². The summed E-state index contributed by atoms with van der Waals surface area (Å²) in [5.74, 6) is 0.652. The lowest BCUT2D eigenvalue weighted by Gasteiger charge is -2.11. The van der Waals surface area contributed by atoms with Crippen molar-refractivity contribution in [2.75, 3.05) is 18.1 Å². The van der Waals surface area contributed by atoms with E-state index in [0.29, 0.717) is 29.5 Å². The number of thioether (sulfide) groups is 1. The molecule has 9 nitrogen and oxygen atoms in total. The summed E-state index contributed by atoms with van der Waals surface area (Å²) in [5, 5.41) is 17.1. The Bertz CT molecular complexity index is 1180. The van der Waals surface area contributed by atoms with Crippen LogP contribution >= 0.6 is 11.8 Å². The summed E-state index contributed by atoms with van der Waals surface area (Å²) in [6.45, 7) is 5.05. The highest BCUT2D eigenvalue weighted by Gasteiger charge is 2.15. The number of benzene rings is 1. The van der Waals surface area contributed by atoms with E-state index in [2.05, 4.69) is 44.7 Å². The molecule has 1 aromatic carbocycles.